The summed E-state index contributed by atoms with van der Waals surface area (Å²) >= 11 is 18.0. The van der Waals surface area contributed by atoms with E-state index in [9.17, 15) is 0 Å². The number of nitrogens with one attached hydrogen (secondary N) is 7. The third-order valence-corrected chi connectivity index (χ3v) is 25.2. The van der Waals surface area contributed by atoms with Gasteiger partial charge in [0, 0.05) is 108 Å². The van der Waals surface area contributed by atoms with Gasteiger partial charge in [-0.15, -0.1) is 0 Å². The maximum atomic E-state index is 4.99. The first-order valence-electron chi connectivity index (χ1n) is 35.8. The van der Waals surface area contributed by atoms with Crippen molar-refractivity contribution in [2.24, 2.45) is 0 Å². The normalized spacial score (nSPS) is 13.0. The molecule has 5 atom stereocenters. The fraction of sp³-hybridized carbons (Fsp3) is 0.723. The van der Waals surface area contributed by atoms with Crippen molar-refractivity contribution in [2.75, 3.05) is 115 Å². The Hall–Kier alpha value is -3.49. The largest absolute Gasteiger partial charge is 0.357 e. The number of rotatable bonds is 57. The molecule has 36 heteroatoms. The summed E-state index contributed by atoms with van der Waals surface area (Å²) in [5, 5.41) is 31.7. The van der Waals surface area contributed by atoms with E-state index in [1.165, 1.54) is 25.7 Å². The average Bonchev–Trinajstić information content (AvgIpc) is 0.904. The second-order valence-corrected chi connectivity index (χ2v) is 35.3. The van der Waals surface area contributed by atoms with Crippen LogP contribution in [0.4, 0.5) is 41.6 Å². The number of hydrogen-bond acceptors (Lipinski definition) is 36. The summed E-state index contributed by atoms with van der Waals surface area (Å²) < 4.78 is 0. The van der Waals surface area contributed by atoms with Crippen LogP contribution >= 0.6 is 129 Å². The predicted molar refractivity (Wildman–Crippen MR) is 439 cm³/mol. The lowest BCUT2D eigenvalue weighted by Crippen LogP contribution is -2.22. The van der Waals surface area contributed by atoms with Gasteiger partial charge in [-0.1, -0.05) is 248 Å². The summed E-state index contributed by atoms with van der Waals surface area (Å²) in [5.74, 6) is 12.9. The lowest BCUT2D eigenvalue weighted by molar-refractivity contribution is 0.756. The van der Waals surface area contributed by atoms with Crippen molar-refractivity contribution in [3.05, 3.63) is 0 Å². The third kappa shape index (κ3) is 36.6. The van der Waals surface area contributed by atoms with Gasteiger partial charge in [-0.2, -0.15) is 89.7 Å². The van der Waals surface area contributed by atoms with E-state index in [2.05, 4.69) is 133 Å². The van der Waals surface area contributed by atoms with Gasteiger partial charge in [0.05, 0.1) is 0 Å². The lowest BCUT2D eigenvalue weighted by atomic mass is 10.3. The first-order valence-corrected chi connectivity index (χ1v) is 46.7. The van der Waals surface area contributed by atoms with Crippen molar-refractivity contribution in [3.63, 3.8) is 0 Å². The summed E-state index contributed by atoms with van der Waals surface area (Å²) in [6.45, 7) is 24.0. The maximum absolute atomic E-state index is 4.99. The highest BCUT2D eigenvalue weighted by Gasteiger charge is 2.20. The first-order chi connectivity index (χ1) is 49.2. The molecule has 6 rings (SSSR count). The molecule has 0 aromatic carbocycles. The van der Waals surface area contributed by atoms with Crippen LogP contribution in [-0.2, 0) is 0 Å². The van der Waals surface area contributed by atoms with Crippen LogP contribution in [0.5, 0.6) is 0 Å². The van der Waals surface area contributed by atoms with Crippen LogP contribution in [-0.4, -0.2) is 197 Å². The molecule has 0 aliphatic rings. The number of thioether (sulfide) groups is 11. The summed E-state index contributed by atoms with van der Waals surface area (Å²) in [5.41, 5.74) is 0. The topological polar surface area (TPSA) is 316 Å². The van der Waals surface area contributed by atoms with Crippen LogP contribution in [0.1, 0.15) is 192 Å². The van der Waals surface area contributed by atoms with Crippen molar-refractivity contribution < 1.29 is 0 Å². The molecule has 6 heterocycles. The molecule has 5 unspecified atom stereocenters. The van der Waals surface area contributed by atoms with Gasteiger partial charge < -0.3 is 37.2 Å². The summed E-state index contributed by atoms with van der Waals surface area (Å²) in [7, 11) is 3.67. The maximum Gasteiger partial charge on any atom is 0.228 e. The van der Waals surface area contributed by atoms with Crippen molar-refractivity contribution in [1.29, 1.82) is 0 Å². The van der Waals surface area contributed by atoms with E-state index in [4.69, 9.17) is 69.8 Å². The quantitative estimate of drug-likeness (QED) is 0.0138. The molecule has 0 spiro atoms. The number of anilines is 7. The lowest BCUT2D eigenvalue weighted by Gasteiger charge is -2.17. The van der Waals surface area contributed by atoms with Crippen LogP contribution in [0.15, 0.2) is 56.7 Å². The molecule has 560 valence electrons. The molecule has 7 N–H and O–H groups in total. The van der Waals surface area contributed by atoms with Gasteiger partial charge >= 0.3 is 0 Å². The Morgan fingerprint density at radius 3 is 0.554 bits per heavy atom. The minimum atomic E-state index is -0.0469. The Balaban J connectivity index is 1.09. The van der Waals surface area contributed by atoms with Crippen molar-refractivity contribution in [1.82, 2.24) is 89.7 Å². The highest BCUT2D eigenvalue weighted by molar-refractivity contribution is 8.01. The average molecular weight is 1590 g/mol. The second-order valence-electron chi connectivity index (χ2n) is 24.0. The number of aromatic nitrogens is 18. The molecule has 0 fully saturated rings. The molecule has 0 amide bonds. The van der Waals surface area contributed by atoms with Crippen LogP contribution in [0.25, 0.3) is 0 Å². The van der Waals surface area contributed by atoms with Gasteiger partial charge in [-0.25, -0.2) is 0 Å². The van der Waals surface area contributed by atoms with E-state index in [-0.39, 0.29) is 30.2 Å². The summed E-state index contributed by atoms with van der Waals surface area (Å²) in [6.07, 6.45) is 20.6. The summed E-state index contributed by atoms with van der Waals surface area (Å²) in [4.78, 5) is 87.2. The zero-order valence-electron chi connectivity index (χ0n) is 61.4. The molecule has 0 aliphatic carbocycles. The fourth-order valence-corrected chi connectivity index (χ4v) is 17.9. The number of nitrogens with zero attached hydrogens (tertiary/aromatic N) is 18. The molecular formula is C65H109N25S11. The fourth-order valence-electron chi connectivity index (χ4n) is 8.70. The number of unbranched alkanes of at least 4 members (excludes halogenated alkanes) is 12. The van der Waals surface area contributed by atoms with E-state index >= 15 is 0 Å². The van der Waals surface area contributed by atoms with E-state index in [1.807, 2.05) is 14.1 Å². The standard InChI is InChI=1S/C65H109N25S11/c1-14-20-26-32-91-55-74-48(66-12)73-50(77-55)68-43(7)38-98-62-82-52(79-57(87-62)93-34-28-22-16-3)70-45(9)40-100-64-84-54(81-59(89-64)95-36-30-24-18-5)72-47(11)42-101-65-85-53(80-60(90-65)96-37-31-25-19-6)71-46(10)41-99-63-83-51(78-58(88-63)94-35-29-23-17-4)69-44(8)39-97-61-76-49(67-13)75-56(86-61)92-33-27-21-15-2/h43-47H,14-42H2,1-13H3,(H,67,75,76,86)(H,69,78,83,88)(H,70,79,82,87)(H,71,80,85,90)(H,72,81,84,89)(H2,66,68,73,74,77). The zero-order valence-corrected chi connectivity index (χ0v) is 70.4. The molecule has 0 radical (unpaired) electrons. The van der Waals surface area contributed by atoms with Gasteiger partial charge in [-0.3, -0.25) is 0 Å². The minimum Gasteiger partial charge on any atom is -0.357 e. The SMILES string of the molecule is CCCCCSc1nc(NC)nc(NC(C)CSc2nc(NC(C)CSc3nc(NC(C)CSc4nc(NC(C)CSc5nc(NC(C)CSc6nc(NC)nc(SCCCCC)n6)nc(SCCCCC)n5)nc(SCCCCC)n4)nc(SCCCCC)n3)nc(SCCCCC)n2)n1. The van der Waals surface area contributed by atoms with E-state index in [0.717, 1.165) is 130 Å². The van der Waals surface area contributed by atoms with Crippen molar-refractivity contribution in [3.8, 4) is 0 Å². The Kier molecular flexibility index (Phi) is 44.2. The highest BCUT2D eigenvalue weighted by Crippen LogP contribution is 2.30. The first kappa shape index (κ1) is 86.4. The van der Waals surface area contributed by atoms with Crippen LogP contribution in [0, 0.1) is 0 Å². The molecule has 0 bridgehead atoms. The Labute approximate surface area is 648 Å². The third-order valence-electron chi connectivity index (χ3n) is 14.1. The van der Waals surface area contributed by atoms with Crippen molar-refractivity contribution >= 4 is 171 Å². The van der Waals surface area contributed by atoms with Gasteiger partial charge in [0.1, 0.15) is 0 Å². The molecule has 6 aromatic heterocycles. The van der Waals surface area contributed by atoms with Gasteiger partial charge in [0.15, 0.2) is 56.7 Å². The monoisotopic (exact) mass is 1590 g/mol. The van der Waals surface area contributed by atoms with Gasteiger partial charge in [0.25, 0.3) is 0 Å². The molecule has 0 aliphatic heterocycles. The van der Waals surface area contributed by atoms with E-state index in [1.54, 1.807) is 129 Å². The van der Waals surface area contributed by atoms with Gasteiger partial charge in [-0.05, 0) is 73.1 Å². The second kappa shape index (κ2) is 51.7. The number of hydrogen-bond donors (Lipinski definition) is 7. The minimum absolute atomic E-state index is 0.0137. The Morgan fingerprint density at radius 2 is 0.366 bits per heavy atom. The highest BCUT2D eigenvalue weighted by atomic mass is 32.2. The molecule has 0 saturated heterocycles. The molecule has 25 nitrogen and oxygen atoms in total. The van der Waals surface area contributed by atoms with E-state index < -0.39 is 0 Å². The summed E-state index contributed by atoms with van der Waals surface area (Å²) in [6, 6.07) is -0.0897. The molecule has 0 saturated carbocycles. The Morgan fingerprint density at radius 1 is 0.208 bits per heavy atom. The van der Waals surface area contributed by atoms with E-state index in [0.29, 0.717) is 122 Å². The van der Waals surface area contributed by atoms with Crippen LogP contribution in [0.3, 0.4) is 0 Å². The predicted octanol–water partition coefficient (Wildman–Crippen LogP) is 17.5. The van der Waals surface area contributed by atoms with Crippen molar-refractivity contribution in [2.45, 2.75) is 279 Å². The van der Waals surface area contributed by atoms with Crippen LogP contribution < -0.4 is 37.2 Å². The smallest absolute Gasteiger partial charge is 0.228 e. The molecule has 101 heavy (non-hydrogen) atoms. The molecular weight excluding hydrogens is 1480 g/mol. The zero-order chi connectivity index (χ0) is 72.2. The molecule has 6 aromatic rings. The van der Waals surface area contributed by atoms with Gasteiger partial charge in [0.2, 0.25) is 41.6 Å². The Bertz CT molecular complexity index is 3270. The van der Waals surface area contributed by atoms with Crippen LogP contribution in [0.2, 0.25) is 0 Å².